The van der Waals surface area contributed by atoms with Crippen LogP contribution in [0.4, 0.5) is 5.69 Å². The van der Waals surface area contributed by atoms with E-state index in [1.807, 2.05) is 38.1 Å². The van der Waals surface area contributed by atoms with Crippen LogP contribution in [-0.2, 0) is 12.8 Å². The highest BCUT2D eigenvalue weighted by atomic mass is 16.3. The molecular formula is C25H27NO2. The smallest absolute Gasteiger partial charge is 0.256 e. The molecule has 0 aliphatic carbocycles. The van der Waals surface area contributed by atoms with Gasteiger partial charge in [0.15, 0.2) is 0 Å². The van der Waals surface area contributed by atoms with Crippen molar-refractivity contribution in [1.82, 2.24) is 0 Å². The zero-order valence-corrected chi connectivity index (χ0v) is 17.0. The molecule has 0 radical (unpaired) electrons. The predicted molar refractivity (Wildman–Crippen MR) is 116 cm³/mol. The molecule has 3 aromatic carbocycles. The van der Waals surface area contributed by atoms with E-state index in [1.54, 1.807) is 12.1 Å². The van der Waals surface area contributed by atoms with Crippen molar-refractivity contribution < 1.29 is 9.90 Å². The van der Waals surface area contributed by atoms with E-state index in [0.29, 0.717) is 0 Å². The fourth-order valence-corrected chi connectivity index (χ4v) is 3.72. The Balaban J connectivity index is 1.96. The summed E-state index contributed by atoms with van der Waals surface area (Å²) in [7, 11) is 0. The quantitative estimate of drug-likeness (QED) is 0.572. The van der Waals surface area contributed by atoms with Gasteiger partial charge in [-0.05, 0) is 72.2 Å². The van der Waals surface area contributed by atoms with Crippen molar-refractivity contribution in [3.63, 3.8) is 0 Å². The number of carbonyl (C=O) groups is 1. The monoisotopic (exact) mass is 373 g/mol. The average molecular weight is 373 g/mol. The predicted octanol–water partition coefficient (Wildman–Crippen LogP) is 6.05. The molecule has 0 atom stereocenters. The highest BCUT2D eigenvalue weighted by molar-refractivity contribution is 6.07. The maximum absolute atomic E-state index is 13.1. The third-order valence-corrected chi connectivity index (χ3v) is 5.20. The number of aromatic hydroxyl groups is 1. The van der Waals surface area contributed by atoms with Crippen molar-refractivity contribution in [3.05, 3.63) is 82.4 Å². The summed E-state index contributed by atoms with van der Waals surface area (Å²) in [5, 5.41) is 12.7. The molecule has 3 aromatic rings. The van der Waals surface area contributed by atoms with Crippen molar-refractivity contribution in [3.8, 4) is 16.9 Å². The van der Waals surface area contributed by atoms with Gasteiger partial charge in [-0.25, -0.2) is 0 Å². The number of benzene rings is 3. The van der Waals surface area contributed by atoms with E-state index in [-0.39, 0.29) is 11.7 Å². The SMILES string of the molecule is CCc1cccc(CC)c1NC(=O)c1c(C)cc(-c2ccc(O)cc2)cc1C. The highest BCUT2D eigenvalue weighted by Gasteiger charge is 2.17. The summed E-state index contributed by atoms with van der Waals surface area (Å²) in [6, 6.07) is 17.4. The first-order valence-electron chi connectivity index (χ1n) is 9.77. The van der Waals surface area contributed by atoms with Gasteiger partial charge in [-0.3, -0.25) is 4.79 Å². The molecule has 0 bridgehead atoms. The first kappa shape index (κ1) is 19.7. The second kappa shape index (κ2) is 8.30. The number of carbonyl (C=O) groups excluding carboxylic acids is 1. The number of aryl methyl sites for hydroxylation is 4. The summed E-state index contributed by atoms with van der Waals surface area (Å²) in [4.78, 5) is 13.1. The van der Waals surface area contributed by atoms with Crippen molar-refractivity contribution in [1.29, 1.82) is 0 Å². The third kappa shape index (κ3) is 3.94. The van der Waals surface area contributed by atoms with Gasteiger partial charge >= 0.3 is 0 Å². The van der Waals surface area contributed by atoms with Crippen LogP contribution in [0.25, 0.3) is 11.1 Å². The standard InChI is InChI=1S/C25H27NO2/c1-5-18-8-7-9-19(6-2)24(18)26-25(28)23-16(3)14-21(15-17(23)4)20-10-12-22(27)13-11-20/h7-15,27H,5-6H2,1-4H3,(H,26,28). The van der Waals surface area contributed by atoms with Gasteiger partial charge in [-0.1, -0.05) is 56.3 Å². The normalized spacial score (nSPS) is 10.7. The second-order valence-electron chi connectivity index (χ2n) is 7.14. The second-order valence-corrected chi connectivity index (χ2v) is 7.14. The van der Waals surface area contributed by atoms with E-state index >= 15 is 0 Å². The Morgan fingerprint density at radius 1 is 0.857 bits per heavy atom. The Hall–Kier alpha value is -3.07. The van der Waals surface area contributed by atoms with Crippen LogP contribution in [0.15, 0.2) is 54.6 Å². The number of phenolic OH excluding ortho intramolecular Hbond substituents is 1. The zero-order chi connectivity index (χ0) is 20.3. The molecule has 0 aliphatic rings. The Kier molecular flexibility index (Phi) is 5.84. The Bertz CT molecular complexity index is 958. The van der Waals surface area contributed by atoms with E-state index in [0.717, 1.165) is 57.5 Å². The van der Waals surface area contributed by atoms with E-state index in [1.165, 1.54) is 0 Å². The van der Waals surface area contributed by atoms with Crippen molar-refractivity contribution in [2.45, 2.75) is 40.5 Å². The molecule has 1 amide bonds. The minimum absolute atomic E-state index is 0.0668. The maximum Gasteiger partial charge on any atom is 0.256 e. The van der Waals surface area contributed by atoms with Crippen LogP contribution in [0, 0.1) is 13.8 Å². The first-order chi connectivity index (χ1) is 13.4. The summed E-state index contributed by atoms with van der Waals surface area (Å²) in [6.45, 7) is 8.15. The van der Waals surface area contributed by atoms with Crippen LogP contribution in [0.2, 0.25) is 0 Å². The third-order valence-electron chi connectivity index (χ3n) is 5.20. The molecule has 0 saturated carbocycles. The maximum atomic E-state index is 13.1. The molecule has 0 aliphatic heterocycles. The molecule has 0 unspecified atom stereocenters. The van der Waals surface area contributed by atoms with Gasteiger partial charge in [0.2, 0.25) is 0 Å². The number of amides is 1. The molecule has 0 heterocycles. The minimum Gasteiger partial charge on any atom is -0.508 e. The number of para-hydroxylation sites is 1. The fourth-order valence-electron chi connectivity index (χ4n) is 3.72. The summed E-state index contributed by atoms with van der Waals surface area (Å²) < 4.78 is 0. The number of phenols is 1. The summed E-state index contributed by atoms with van der Waals surface area (Å²) in [6.07, 6.45) is 1.75. The van der Waals surface area contributed by atoms with E-state index in [2.05, 4.69) is 37.4 Å². The fraction of sp³-hybridized carbons (Fsp3) is 0.240. The highest BCUT2D eigenvalue weighted by Crippen LogP contribution is 2.28. The van der Waals surface area contributed by atoms with Gasteiger partial charge < -0.3 is 10.4 Å². The molecule has 3 heteroatoms. The lowest BCUT2D eigenvalue weighted by molar-refractivity contribution is 0.102. The van der Waals surface area contributed by atoms with E-state index in [4.69, 9.17) is 0 Å². The number of hydrogen-bond donors (Lipinski definition) is 2. The molecule has 28 heavy (non-hydrogen) atoms. The van der Waals surface area contributed by atoms with Gasteiger partial charge in [0.25, 0.3) is 5.91 Å². The summed E-state index contributed by atoms with van der Waals surface area (Å²) in [5.41, 5.74) is 7.90. The topological polar surface area (TPSA) is 49.3 Å². The molecule has 0 fully saturated rings. The molecule has 3 rings (SSSR count). The lowest BCUT2D eigenvalue weighted by atomic mass is 9.94. The van der Waals surface area contributed by atoms with Crippen molar-refractivity contribution >= 4 is 11.6 Å². The van der Waals surface area contributed by atoms with Crippen LogP contribution in [0.1, 0.15) is 46.5 Å². The van der Waals surface area contributed by atoms with Crippen LogP contribution in [-0.4, -0.2) is 11.0 Å². The van der Waals surface area contributed by atoms with E-state index < -0.39 is 0 Å². The molecule has 0 saturated heterocycles. The molecule has 0 aromatic heterocycles. The van der Waals surface area contributed by atoms with Crippen LogP contribution in [0.3, 0.4) is 0 Å². The van der Waals surface area contributed by atoms with Crippen LogP contribution in [0.5, 0.6) is 5.75 Å². The van der Waals surface area contributed by atoms with Gasteiger partial charge in [0, 0.05) is 11.3 Å². The lowest BCUT2D eigenvalue weighted by Gasteiger charge is -2.17. The van der Waals surface area contributed by atoms with Gasteiger partial charge in [0.1, 0.15) is 5.75 Å². The van der Waals surface area contributed by atoms with Crippen molar-refractivity contribution in [2.75, 3.05) is 5.32 Å². The number of nitrogens with one attached hydrogen (secondary N) is 1. The molecule has 0 spiro atoms. The van der Waals surface area contributed by atoms with Crippen LogP contribution < -0.4 is 5.32 Å². The number of anilines is 1. The molecule has 2 N–H and O–H groups in total. The Labute approximate surface area is 167 Å². The Morgan fingerprint density at radius 3 is 1.89 bits per heavy atom. The van der Waals surface area contributed by atoms with Gasteiger partial charge in [-0.2, -0.15) is 0 Å². The molecule has 144 valence electrons. The molecule has 3 nitrogen and oxygen atoms in total. The zero-order valence-electron chi connectivity index (χ0n) is 17.0. The average Bonchev–Trinajstić information content (AvgIpc) is 2.68. The largest absolute Gasteiger partial charge is 0.508 e. The summed E-state index contributed by atoms with van der Waals surface area (Å²) >= 11 is 0. The number of rotatable bonds is 5. The van der Waals surface area contributed by atoms with Crippen molar-refractivity contribution in [2.24, 2.45) is 0 Å². The van der Waals surface area contributed by atoms with Gasteiger partial charge in [-0.15, -0.1) is 0 Å². The summed E-state index contributed by atoms with van der Waals surface area (Å²) in [5.74, 6) is 0.178. The number of hydrogen-bond acceptors (Lipinski definition) is 2. The van der Waals surface area contributed by atoms with E-state index in [9.17, 15) is 9.90 Å². The molecular weight excluding hydrogens is 346 g/mol. The Morgan fingerprint density at radius 2 is 1.39 bits per heavy atom. The van der Waals surface area contributed by atoms with Crippen LogP contribution >= 0.6 is 0 Å². The first-order valence-corrected chi connectivity index (χ1v) is 9.77. The minimum atomic E-state index is -0.0668. The van der Waals surface area contributed by atoms with Gasteiger partial charge in [0.05, 0.1) is 0 Å². The lowest BCUT2D eigenvalue weighted by Crippen LogP contribution is -2.17.